The van der Waals surface area contributed by atoms with Crippen molar-refractivity contribution in [2.24, 2.45) is 11.3 Å². The van der Waals surface area contributed by atoms with E-state index < -0.39 is 0 Å². The number of hydrogen-bond donors (Lipinski definition) is 0. The lowest BCUT2D eigenvalue weighted by molar-refractivity contribution is -0.124. The fraction of sp³-hybridized carbons (Fsp3) is 0.870. The molecule has 6 atom stereocenters. The van der Waals surface area contributed by atoms with Gasteiger partial charge in [0.1, 0.15) is 23.4 Å². The van der Waals surface area contributed by atoms with Crippen molar-refractivity contribution in [3.05, 3.63) is 11.6 Å². The van der Waals surface area contributed by atoms with Crippen LogP contribution in [-0.2, 0) is 23.7 Å². The number of carbonyl (C=O) groups excluding carboxylic acids is 1. The predicted octanol–water partition coefficient (Wildman–Crippen LogP) is 2.92. The molecule has 2 spiro atoms. The number of hydrogen-bond acceptors (Lipinski definition) is 6. The fourth-order valence-electron chi connectivity index (χ4n) is 5.99. The van der Waals surface area contributed by atoms with Gasteiger partial charge in [0, 0.05) is 25.6 Å². The summed E-state index contributed by atoms with van der Waals surface area (Å²) in [4.78, 5) is 14.8. The molecule has 0 aromatic heterocycles. The van der Waals surface area contributed by atoms with Gasteiger partial charge >= 0.3 is 6.09 Å². The Bertz CT molecular complexity index is 725. The molecule has 0 aromatic carbocycles. The molecule has 5 rings (SSSR count). The second-order valence-electron chi connectivity index (χ2n) is 10.5. The van der Waals surface area contributed by atoms with Crippen LogP contribution in [-0.4, -0.2) is 80.5 Å². The minimum absolute atomic E-state index is 0.0575. The molecule has 4 saturated heterocycles. The lowest BCUT2D eigenvalue weighted by Gasteiger charge is -2.43. The number of nitrogens with zero attached hydrogens (tertiary/aromatic N) is 1. The van der Waals surface area contributed by atoms with Crippen LogP contribution in [0, 0.1) is 11.3 Å². The van der Waals surface area contributed by atoms with Gasteiger partial charge in [-0.1, -0.05) is 11.6 Å². The predicted molar refractivity (Wildman–Crippen MR) is 109 cm³/mol. The summed E-state index contributed by atoms with van der Waals surface area (Å²) in [6.07, 6.45) is 5.19. The SMILES string of the molecule is CO[C@@H]1[C@H](OC(=O)N2CCC3(COC3)C2)CC[C@]2(CO2)[C@H]1[C@@]1(C)O[C@@H]1CC=C(C)C. The normalized spacial score (nSPS) is 43.4. The van der Waals surface area contributed by atoms with E-state index in [4.69, 9.17) is 23.7 Å². The highest BCUT2D eigenvalue weighted by Crippen LogP contribution is 2.59. The Hall–Kier alpha value is -1.15. The summed E-state index contributed by atoms with van der Waals surface area (Å²) in [7, 11) is 1.72. The minimum Gasteiger partial charge on any atom is -0.443 e. The van der Waals surface area contributed by atoms with Crippen LogP contribution in [0.1, 0.15) is 46.5 Å². The van der Waals surface area contributed by atoms with Crippen molar-refractivity contribution in [2.45, 2.75) is 76.0 Å². The van der Waals surface area contributed by atoms with E-state index in [0.717, 1.165) is 58.6 Å². The zero-order valence-electron chi connectivity index (χ0n) is 18.6. The summed E-state index contributed by atoms with van der Waals surface area (Å²) in [5.41, 5.74) is 0.951. The molecule has 1 amide bonds. The third-order valence-corrected chi connectivity index (χ3v) is 8.00. The van der Waals surface area contributed by atoms with E-state index in [1.165, 1.54) is 5.57 Å². The first-order valence-corrected chi connectivity index (χ1v) is 11.3. The van der Waals surface area contributed by atoms with Gasteiger partial charge in [0.15, 0.2) is 0 Å². The Labute approximate surface area is 179 Å². The molecule has 1 saturated carbocycles. The Morgan fingerprint density at radius 3 is 2.57 bits per heavy atom. The summed E-state index contributed by atoms with van der Waals surface area (Å²) in [5.74, 6) is 0.0575. The molecule has 5 fully saturated rings. The van der Waals surface area contributed by atoms with Gasteiger partial charge in [-0.3, -0.25) is 0 Å². The van der Waals surface area contributed by atoms with Crippen LogP contribution in [0.5, 0.6) is 0 Å². The number of epoxide rings is 2. The number of methoxy groups -OCH3 is 1. The van der Waals surface area contributed by atoms with Crippen molar-refractivity contribution in [1.82, 2.24) is 4.90 Å². The van der Waals surface area contributed by atoms with Crippen LogP contribution in [0.4, 0.5) is 4.79 Å². The highest BCUT2D eigenvalue weighted by atomic mass is 16.6. The first-order valence-electron chi connectivity index (χ1n) is 11.3. The molecule has 0 unspecified atom stereocenters. The molecule has 7 nitrogen and oxygen atoms in total. The summed E-state index contributed by atoms with van der Waals surface area (Å²) in [6, 6.07) is 0. The summed E-state index contributed by atoms with van der Waals surface area (Å²) >= 11 is 0. The van der Waals surface area contributed by atoms with Gasteiger partial charge in [0.05, 0.1) is 31.8 Å². The van der Waals surface area contributed by atoms with Gasteiger partial charge in [0.25, 0.3) is 0 Å². The van der Waals surface area contributed by atoms with E-state index in [0.29, 0.717) is 0 Å². The molecule has 5 aliphatic rings. The molecule has 4 heterocycles. The zero-order valence-corrected chi connectivity index (χ0v) is 18.6. The number of allylic oxidation sites excluding steroid dienone is 1. The quantitative estimate of drug-likeness (QED) is 0.502. The first-order chi connectivity index (χ1) is 14.3. The van der Waals surface area contributed by atoms with Gasteiger partial charge in [-0.15, -0.1) is 0 Å². The molecular weight excluding hydrogens is 386 g/mol. The number of rotatable bonds is 5. The maximum Gasteiger partial charge on any atom is 0.410 e. The molecule has 0 aromatic rings. The van der Waals surface area contributed by atoms with Gasteiger partial charge < -0.3 is 28.6 Å². The molecule has 0 N–H and O–H groups in total. The monoisotopic (exact) mass is 421 g/mol. The first kappa shape index (κ1) is 20.7. The van der Waals surface area contributed by atoms with Gasteiger partial charge in [-0.2, -0.15) is 0 Å². The van der Waals surface area contributed by atoms with Crippen molar-refractivity contribution in [1.29, 1.82) is 0 Å². The van der Waals surface area contributed by atoms with E-state index in [1.54, 1.807) is 7.11 Å². The zero-order chi connectivity index (χ0) is 21.1. The van der Waals surface area contributed by atoms with E-state index in [1.807, 2.05) is 4.90 Å². The number of carbonyl (C=O) groups is 1. The van der Waals surface area contributed by atoms with Crippen LogP contribution in [0.3, 0.4) is 0 Å². The molecule has 0 bridgehead atoms. The maximum absolute atomic E-state index is 12.9. The van der Waals surface area contributed by atoms with Gasteiger partial charge in [-0.05, 0) is 46.5 Å². The lowest BCUT2D eigenvalue weighted by atomic mass is 9.68. The topological polar surface area (TPSA) is 73.1 Å². The highest BCUT2D eigenvalue weighted by Gasteiger charge is 2.72. The number of amides is 1. The number of likely N-dealkylation sites (tertiary alicyclic amines) is 1. The standard InChI is InChI=1S/C23H35NO6/c1-15(2)5-6-17-21(3,30-17)19-18(26-4)16(7-8-23(19)14-28-23)29-20(25)24-10-9-22(11-24)12-27-13-22/h5,16-19H,6-14H2,1-4H3/t16-,17-,18-,19-,21+,23+/m1/s1. The van der Waals surface area contributed by atoms with E-state index in [2.05, 4.69) is 26.8 Å². The van der Waals surface area contributed by atoms with Crippen LogP contribution in [0.25, 0.3) is 0 Å². The second kappa shape index (κ2) is 7.19. The van der Waals surface area contributed by atoms with Crippen molar-refractivity contribution in [2.75, 3.05) is 40.0 Å². The third-order valence-electron chi connectivity index (χ3n) is 8.00. The van der Waals surface area contributed by atoms with E-state index in [9.17, 15) is 4.79 Å². The molecule has 168 valence electrons. The maximum atomic E-state index is 12.9. The molecule has 0 radical (unpaired) electrons. The van der Waals surface area contributed by atoms with Crippen molar-refractivity contribution in [3.8, 4) is 0 Å². The molecular formula is C23H35NO6. The molecule has 4 aliphatic heterocycles. The van der Waals surface area contributed by atoms with Crippen molar-refractivity contribution >= 4 is 6.09 Å². The molecule has 1 aliphatic carbocycles. The number of ether oxygens (including phenoxy) is 5. The van der Waals surface area contributed by atoms with E-state index >= 15 is 0 Å². The minimum atomic E-state index is -0.310. The summed E-state index contributed by atoms with van der Waals surface area (Å²) in [6.45, 7) is 10.1. The van der Waals surface area contributed by atoms with Crippen LogP contribution < -0.4 is 0 Å². The Balaban J connectivity index is 1.28. The van der Waals surface area contributed by atoms with Crippen LogP contribution in [0.2, 0.25) is 0 Å². The lowest BCUT2D eigenvalue weighted by Crippen LogP contribution is -2.56. The van der Waals surface area contributed by atoms with Crippen molar-refractivity contribution < 1.29 is 28.5 Å². The third kappa shape index (κ3) is 3.38. The average Bonchev–Trinajstić information content (AvgIpc) is 3.53. The Morgan fingerprint density at radius 1 is 1.23 bits per heavy atom. The van der Waals surface area contributed by atoms with Crippen LogP contribution in [0.15, 0.2) is 11.6 Å². The molecule has 30 heavy (non-hydrogen) atoms. The Kier molecular flexibility index (Phi) is 4.97. The smallest absolute Gasteiger partial charge is 0.410 e. The summed E-state index contributed by atoms with van der Waals surface area (Å²) < 4.78 is 29.6. The van der Waals surface area contributed by atoms with Gasteiger partial charge in [0.2, 0.25) is 0 Å². The van der Waals surface area contributed by atoms with Crippen LogP contribution >= 0.6 is 0 Å². The van der Waals surface area contributed by atoms with E-state index in [-0.39, 0.29) is 46.9 Å². The van der Waals surface area contributed by atoms with Gasteiger partial charge in [-0.25, -0.2) is 4.79 Å². The molecule has 7 heteroatoms. The Morgan fingerprint density at radius 2 is 2.00 bits per heavy atom. The summed E-state index contributed by atoms with van der Waals surface area (Å²) in [5, 5.41) is 0. The second-order valence-corrected chi connectivity index (χ2v) is 10.5. The average molecular weight is 422 g/mol. The highest BCUT2D eigenvalue weighted by molar-refractivity contribution is 5.68. The largest absolute Gasteiger partial charge is 0.443 e. The fourth-order valence-corrected chi connectivity index (χ4v) is 5.99. The van der Waals surface area contributed by atoms with Crippen molar-refractivity contribution in [3.63, 3.8) is 0 Å².